The van der Waals surface area contributed by atoms with Gasteiger partial charge in [-0.25, -0.2) is 9.18 Å². The number of nitrogens with zero attached hydrogens (tertiary/aromatic N) is 1. The molecule has 21 heavy (non-hydrogen) atoms. The third-order valence-corrected chi connectivity index (χ3v) is 3.35. The van der Waals surface area contributed by atoms with Crippen LogP contribution in [0.5, 0.6) is 0 Å². The van der Waals surface area contributed by atoms with Crippen molar-refractivity contribution in [1.29, 1.82) is 0 Å². The van der Waals surface area contributed by atoms with Gasteiger partial charge in [-0.15, -0.1) is 11.6 Å². The molecule has 0 aliphatic heterocycles. The first-order valence-electron chi connectivity index (χ1n) is 6.55. The number of rotatable bonds is 5. The lowest BCUT2D eigenvalue weighted by molar-refractivity contribution is 0.202. The van der Waals surface area contributed by atoms with Crippen molar-refractivity contribution in [3.05, 3.63) is 54.3 Å². The Morgan fingerprint density at radius 1 is 1.19 bits per heavy atom. The molecule has 5 heteroatoms. The van der Waals surface area contributed by atoms with E-state index in [0.717, 1.165) is 5.56 Å². The summed E-state index contributed by atoms with van der Waals surface area (Å²) in [5.41, 5.74) is 1.77. The number of hydrogen-bond donors (Lipinski definition) is 1. The molecule has 1 amide bonds. The molecule has 0 saturated carbocycles. The van der Waals surface area contributed by atoms with Crippen molar-refractivity contribution < 1.29 is 14.3 Å². The molecule has 0 spiro atoms. The van der Waals surface area contributed by atoms with E-state index in [-0.39, 0.29) is 6.54 Å². The van der Waals surface area contributed by atoms with E-state index < -0.39 is 11.9 Å². The lowest BCUT2D eigenvalue weighted by atomic mass is 10.0. The van der Waals surface area contributed by atoms with Crippen LogP contribution in [0.25, 0.3) is 11.1 Å². The molecular weight excluding hydrogens is 293 g/mol. The summed E-state index contributed by atoms with van der Waals surface area (Å²) < 4.78 is 13.6. The van der Waals surface area contributed by atoms with E-state index >= 15 is 0 Å². The van der Waals surface area contributed by atoms with E-state index in [2.05, 4.69) is 0 Å². The molecule has 0 fully saturated rings. The number of anilines is 1. The van der Waals surface area contributed by atoms with Crippen molar-refractivity contribution in [2.75, 3.05) is 17.3 Å². The highest BCUT2D eigenvalue weighted by Crippen LogP contribution is 2.32. The van der Waals surface area contributed by atoms with Gasteiger partial charge in [-0.05, 0) is 30.2 Å². The molecular formula is C16H15ClFNO2. The van der Waals surface area contributed by atoms with Gasteiger partial charge in [0.05, 0.1) is 5.69 Å². The van der Waals surface area contributed by atoms with Gasteiger partial charge in [0.1, 0.15) is 5.82 Å². The van der Waals surface area contributed by atoms with Gasteiger partial charge in [0.2, 0.25) is 0 Å². The van der Waals surface area contributed by atoms with Crippen molar-refractivity contribution in [3.8, 4) is 11.1 Å². The number of halogens is 2. The predicted octanol–water partition coefficient (Wildman–Crippen LogP) is 4.61. The van der Waals surface area contributed by atoms with Crippen LogP contribution >= 0.6 is 11.6 Å². The van der Waals surface area contributed by atoms with Crippen molar-refractivity contribution in [2.24, 2.45) is 0 Å². The molecule has 2 rings (SSSR count). The Labute approximate surface area is 127 Å². The van der Waals surface area contributed by atoms with Crippen LogP contribution < -0.4 is 4.90 Å². The van der Waals surface area contributed by atoms with E-state index in [1.54, 1.807) is 0 Å². The van der Waals surface area contributed by atoms with E-state index in [1.165, 1.54) is 23.1 Å². The second kappa shape index (κ2) is 7.09. The van der Waals surface area contributed by atoms with Crippen molar-refractivity contribution in [3.63, 3.8) is 0 Å². The minimum Gasteiger partial charge on any atom is -0.465 e. The molecule has 110 valence electrons. The Bertz CT molecular complexity index is 619. The summed E-state index contributed by atoms with van der Waals surface area (Å²) in [5.74, 6) is -0.0358. The predicted molar refractivity (Wildman–Crippen MR) is 82.5 cm³/mol. The molecule has 0 aliphatic rings. The van der Waals surface area contributed by atoms with E-state index in [1.807, 2.05) is 30.3 Å². The molecule has 0 heterocycles. The third-order valence-electron chi connectivity index (χ3n) is 3.08. The fourth-order valence-corrected chi connectivity index (χ4v) is 2.25. The monoisotopic (exact) mass is 307 g/mol. The lowest BCUT2D eigenvalue weighted by Gasteiger charge is -2.22. The van der Waals surface area contributed by atoms with Gasteiger partial charge in [0, 0.05) is 18.0 Å². The normalized spacial score (nSPS) is 10.4. The summed E-state index contributed by atoms with van der Waals surface area (Å²) in [6.07, 6.45) is -0.552. The maximum Gasteiger partial charge on any atom is 0.411 e. The van der Waals surface area contributed by atoms with Gasteiger partial charge in [-0.2, -0.15) is 0 Å². The number of hydrogen-bond acceptors (Lipinski definition) is 1. The Morgan fingerprint density at radius 2 is 1.90 bits per heavy atom. The van der Waals surface area contributed by atoms with Crippen LogP contribution in [0, 0.1) is 5.82 Å². The molecule has 0 atom stereocenters. The Hall–Kier alpha value is -2.07. The second-order valence-corrected chi connectivity index (χ2v) is 4.88. The molecule has 0 unspecified atom stereocenters. The van der Waals surface area contributed by atoms with Gasteiger partial charge >= 0.3 is 6.09 Å². The minimum absolute atomic E-state index is 0.268. The van der Waals surface area contributed by atoms with E-state index in [0.29, 0.717) is 23.6 Å². The third kappa shape index (κ3) is 3.73. The lowest BCUT2D eigenvalue weighted by Crippen LogP contribution is -2.31. The first-order chi connectivity index (χ1) is 10.1. The zero-order valence-corrected chi connectivity index (χ0v) is 12.1. The van der Waals surface area contributed by atoms with Crippen molar-refractivity contribution in [1.82, 2.24) is 0 Å². The summed E-state index contributed by atoms with van der Waals surface area (Å²) in [4.78, 5) is 12.7. The molecule has 1 N–H and O–H groups in total. The topological polar surface area (TPSA) is 40.5 Å². The van der Waals surface area contributed by atoms with Gasteiger partial charge < -0.3 is 5.11 Å². The fraction of sp³-hybridized carbons (Fsp3) is 0.188. The highest BCUT2D eigenvalue weighted by molar-refractivity contribution is 6.17. The molecule has 0 saturated heterocycles. The van der Waals surface area contributed by atoms with Crippen LogP contribution in [0.1, 0.15) is 6.42 Å². The fourth-order valence-electron chi connectivity index (χ4n) is 2.13. The smallest absolute Gasteiger partial charge is 0.411 e. The van der Waals surface area contributed by atoms with E-state index in [9.17, 15) is 14.3 Å². The highest BCUT2D eigenvalue weighted by Gasteiger charge is 2.18. The summed E-state index contributed by atoms with van der Waals surface area (Å²) in [7, 11) is 0. The number of benzene rings is 2. The van der Waals surface area contributed by atoms with Crippen LogP contribution in [-0.4, -0.2) is 23.6 Å². The molecule has 0 radical (unpaired) electrons. The SMILES string of the molecule is O=C(O)N(CCCCl)c1ccc(F)cc1-c1ccccc1. The maximum atomic E-state index is 13.6. The average Bonchev–Trinajstić information content (AvgIpc) is 2.49. The Morgan fingerprint density at radius 3 is 2.52 bits per heavy atom. The van der Waals surface area contributed by atoms with Crippen LogP contribution in [0.3, 0.4) is 0 Å². The number of carboxylic acid groups (broad SMARTS) is 1. The summed E-state index contributed by atoms with van der Waals surface area (Å²) in [6, 6.07) is 13.2. The zero-order chi connectivity index (χ0) is 15.2. The number of alkyl halides is 1. The summed E-state index contributed by atoms with van der Waals surface area (Å²) >= 11 is 5.64. The first-order valence-corrected chi connectivity index (χ1v) is 7.08. The minimum atomic E-state index is -1.08. The standard InChI is InChI=1S/C16H15ClFNO2/c17-9-4-10-19(16(20)21)15-8-7-13(18)11-14(15)12-5-2-1-3-6-12/h1-3,5-8,11H,4,9-10H2,(H,20,21). The van der Waals surface area contributed by atoms with Crippen LogP contribution in [0.2, 0.25) is 0 Å². The Balaban J connectivity index is 2.49. The molecule has 2 aromatic carbocycles. The molecule has 0 aliphatic carbocycles. The first kappa shape index (κ1) is 15.3. The van der Waals surface area contributed by atoms with Crippen molar-refractivity contribution >= 4 is 23.4 Å². The molecule has 2 aromatic rings. The zero-order valence-electron chi connectivity index (χ0n) is 11.3. The summed E-state index contributed by atoms with van der Waals surface area (Å²) in [5, 5.41) is 9.38. The second-order valence-electron chi connectivity index (χ2n) is 4.50. The van der Waals surface area contributed by atoms with Gasteiger partial charge in [-0.3, -0.25) is 4.90 Å². The van der Waals surface area contributed by atoms with Crippen LogP contribution in [0.15, 0.2) is 48.5 Å². The molecule has 0 aromatic heterocycles. The molecule has 0 bridgehead atoms. The number of carbonyl (C=O) groups is 1. The Kier molecular flexibility index (Phi) is 5.17. The summed E-state index contributed by atoms with van der Waals surface area (Å²) in [6.45, 7) is 0.268. The van der Waals surface area contributed by atoms with Crippen LogP contribution in [-0.2, 0) is 0 Å². The maximum absolute atomic E-state index is 13.6. The van der Waals surface area contributed by atoms with Crippen molar-refractivity contribution in [2.45, 2.75) is 6.42 Å². The van der Waals surface area contributed by atoms with Gasteiger partial charge in [0.25, 0.3) is 0 Å². The highest BCUT2D eigenvalue weighted by atomic mass is 35.5. The van der Waals surface area contributed by atoms with Crippen LogP contribution in [0.4, 0.5) is 14.9 Å². The molecule has 3 nitrogen and oxygen atoms in total. The van der Waals surface area contributed by atoms with Gasteiger partial charge in [-0.1, -0.05) is 30.3 Å². The number of amides is 1. The largest absolute Gasteiger partial charge is 0.465 e. The van der Waals surface area contributed by atoms with E-state index in [4.69, 9.17) is 11.6 Å². The van der Waals surface area contributed by atoms with Gasteiger partial charge in [0.15, 0.2) is 0 Å². The average molecular weight is 308 g/mol. The quantitative estimate of drug-likeness (QED) is 0.820.